The van der Waals surface area contributed by atoms with Crippen LogP contribution in [0.4, 0.5) is 0 Å². The number of ether oxygens (including phenoxy) is 1. The summed E-state index contributed by atoms with van der Waals surface area (Å²) in [6.45, 7) is 0. The van der Waals surface area contributed by atoms with Crippen molar-refractivity contribution in [3.05, 3.63) is 36.5 Å². The third kappa shape index (κ3) is 1.11. The minimum absolute atomic E-state index is 0.746. The molecule has 59 valence electrons. The molecule has 2 nitrogen and oxygen atoms in total. The van der Waals surface area contributed by atoms with E-state index in [2.05, 4.69) is 11.1 Å². The molecule has 1 aromatic heterocycles. The molecule has 0 aliphatic heterocycles. The van der Waals surface area contributed by atoms with Crippen LogP contribution >= 0.6 is 0 Å². The molecule has 2 aromatic rings. The summed E-state index contributed by atoms with van der Waals surface area (Å²) in [6.07, 6.45) is 1.77. The highest BCUT2D eigenvalue weighted by Gasteiger charge is 1.95. The molecule has 2 rings (SSSR count). The van der Waals surface area contributed by atoms with Crippen LogP contribution in [0.1, 0.15) is 0 Å². The lowest BCUT2D eigenvalue weighted by molar-refractivity contribution is 0.414. The van der Waals surface area contributed by atoms with Crippen molar-refractivity contribution in [3.63, 3.8) is 0 Å². The van der Waals surface area contributed by atoms with E-state index in [1.807, 2.05) is 24.3 Å². The van der Waals surface area contributed by atoms with Crippen LogP contribution in [0.2, 0.25) is 0 Å². The zero-order chi connectivity index (χ0) is 8.39. The van der Waals surface area contributed by atoms with Gasteiger partial charge in [0.2, 0.25) is 0 Å². The molecule has 0 spiro atoms. The summed E-state index contributed by atoms with van der Waals surface area (Å²) in [4.78, 5) is 4.17. The number of fused-ring (bicyclic) bond motifs is 1. The Morgan fingerprint density at radius 2 is 2.25 bits per heavy atom. The Balaban J connectivity index is 2.67. The summed E-state index contributed by atoms with van der Waals surface area (Å²) in [5.41, 5.74) is 0.943. The molecule has 0 saturated carbocycles. The molecule has 1 aromatic carbocycles. The van der Waals surface area contributed by atoms with Crippen LogP contribution in [0, 0.1) is 6.07 Å². The van der Waals surface area contributed by atoms with Gasteiger partial charge in [-0.2, -0.15) is 0 Å². The van der Waals surface area contributed by atoms with E-state index >= 15 is 0 Å². The lowest BCUT2D eigenvalue weighted by Crippen LogP contribution is -1.83. The molecular weight excluding hydrogens is 150 g/mol. The molecule has 0 amide bonds. The van der Waals surface area contributed by atoms with Gasteiger partial charge in [-0.25, -0.2) is 0 Å². The van der Waals surface area contributed by atoms with Gasteiger partial charge in [0.1, 0.15) is 5.75 Å². The number of hydrogen-bond acceptors (Lipinski definition) is 2. The Bertz CT molecular complexity index is 398. The quantitative estimate of drug-likeness (QED) is 0.633. The SMILES string of the molecule is COc1[c]c2cccnc2cc1. The zero-order valence-electron chi connectivity index (χ0n) is 6.74. The van der Waals surface area contributed by atoms with Gasteiger partial charge in [-0.3, -0.25) is 4.98 Å². The number of rotatable bonds is 1. The van der Waals surface area contributed by atoms with Gasteiger partial charge < -0.3 is 4.74 Å². The molecule has 1 radical (unpaired) electrons. The highest BCUT2D eigenvalue weighted by atomic mass is 16.5. The maximum atomic E-state index is 5.04. The van der Waals surface area contributed by atoms with E-state index in [9.17, 15) is 0 Å². The van der Waals surface area contributed by atoms with E-state index in [-0.39, 0.29) is 0 Å². The maximum Gasteiger partial charge on any atom is 0.127 e. The molecule has 0 atom stereocenters. The molecule has 0 fully saturated rings. The number of pyridine rings is 1. The van der Waals surface area contributed by atoms with Gasteiger partial charge in [0.15, 0.2) is 0 Å². The van der Waals surface area contributed by atoms with Crippen molar-refractivity contribution in [2.75, 3.05) is 7.11 Å². The van der Waals surface area contributed by atoms with Gasteiger partial charge in [-0.1, -0.05) is 6.07 Å². The molecule has 1 heterocycles. The van der Waals surface area contributed by atoms with Crippen molar-refractivity contribution in [1.29, 1.82) is 0 Å². The average Bonchev–Trinajstić information content (AvgIpc) is 2.17. The van der Waals surface area contributed by atoms with Crippen molar-refractivity contribution in [1.82, 2.24) is 4.98 Å². The largest absolute Gasteiger partial charge is 0.496 e. The summed E-state index contributed by atoms with van der Waals surface area (Å²) >= 11 is 0. The van der Waals surface area contributed by atoms with Crippen molar-refractivity contribution in [2.45, 2.75) is 0 Å². The van der Waals surface area contributed by atoms with Crippen molar-refractivity contribution in [2.24, 2.45) is 0 Å². The normalized spacial score (nSPS) is 10.1. The van der Waals surface area contributed by atoms with Gasteiger partial charge in [0.25, 0.3) is 0 Å². The Kier molecular flexibility index (Phi) is 1.67. The van der Waals surface area contributed by atoms with Crippen LogP contribution in [-0.2, 0) is 0 Å². The second kappa shape index (κ2) is 2.81. The van der Waals surface area contributed by atoms with Crippen LogP contribution in [0.15, 0.2) is 30.5 Å². The topological polar surface area (TPSA) is 22.1 Å². The van der Waals surface area contributed by atoms with Gasteiger partial charge in [-0.15, -0.1) is 0 Å². The minimum Gasteiger partial charge on any atom is -0.496 e. The fourth-order valence-corrected chi connectivity index (χ4v) is 1.10. The van der Waals surface area contributed by atoms with Gasteiger partial charge in [0, 0.05) is 17.6 Å². The summed E-state index contributed by atoms with van der Waals surface area (Å²) in [7, 11) is 1.63. The Morgan fingerprint density at radius 3 is 3.08 bits per heavy atom. The molecule has 2 heteroatoms. The smallest absolute Gasteiger partial charge is 0.127 e. The number of nitrogens with zero attached hydrogens (tertiary/aromatic N) is 1. The van der Waals surface area contributed by atoms with E-state index in [1.54, 1.807) is 13.3 Å². The zero-order valence-corrected chi connectivity index (χ0v) is 6.74. The van der Waals surface area contributed by atoms with E-state index in [1.165, 1.54) is 0 Å². The average molecular weight is 158 g/mol. The van der Waals surface area contributed by atoms with E-state index in [0.29, 0.717) is 0 Å². The standard InChI is InChI=1S/C10H8NO/c1-12-9-4-5-10-8(7-9)3-2-6-11-10/h2-6H,1H3. The van der Waals surface area contributed by atoms with E-state index in [0.717, 1.165) is 16.7 Å². The first-order valence-electron chi connectivity index (χ1n) is 3.71. The minimum atomic E-state index is 0.746. The summed E-state index contributed by atoms with van der Waals surface area (Å²) in [5.74, 6) is 0.746. The van der Waals surface area contributed by atoms with Gasteiger partial charge in [0.05, 0.1) is 12.6 Å². The van der Waals surface area contributed by atoms with Crippen molar-refractivity contribution >= 4 is 10.9 Å². The highest BCUT2D eigenvalue weighted by molar-refractivity contribution is 5.78. The number of benzene rings is 1. The first-order chi connectivity index (χ1) is 5.90. The number of hydrogen-bond donors (Lipinski definition) is 0. The van der Waals surface area contributed by atoms with Gasteiger partial charge >= 0.3 is 0 Å². The molecule has 0 saturated heterocycles. The Labute approximate surface area is 70.8 Å². The first kappa shape index (κ1) is 7.10. The molecule has 0 N–H and O–H groups in total. The lowest BCUT2D eigenvalue weighted by atomic mass is 10.2. The fourth-order valence-electron chi connectivity index (χ4n) is 1.10. The van der Waals surface area contributed by atoms with Crippen molar-refractivity contribution in [3.8, 4) is 5.75 Å². The van der Waals surface area contributed by atoms with Crippen LogP contribution in [0.3, 0.4) is 0 Å². The summed E-state index contributed by atoms with van der Waals surface area (Å²) in [6, 6.07) is 10.7. The molecule has 0 bridgehead atoms. The predicted octanol–water partition coefficient (Wildman–Crippen LogP) is 2.04. The van der Waals surface area contributed by atoms with Crippen LogP contribution in [0.5, 0.6) is 5.75 Å². The molecule has 0 aliphatic rings. The van der Waals surface area contributed by atoms with Gasteiger partial charge in [-0.05, 0) is 18.2 Å². The third-order valence-corrected chi connectivity index (χ3v) is 1.71. The summed E-state index contributed by atoms with van der Waals surface area (Å²) in [5, 5.41) is 0.983. The fraction of sp³-hybridized carbons (Fsp3) is 0.100. The molecule has 12 heavy (non-hydrogen) atoms. The predicted molar refractivity (Wildman–Crippen MR) is 47.1 cm³/mol. The molecular formula is C10H8NO. The second-order valence-electron chi connectivity index (χ2n) is 2.46. The summed E-state index contributed by atoms with van der Waals surface area (Å²) < 4.78 is 5.04. The van der Waals surface area contributed by atoms with Crippen LogP contribution in [-0.4, -0.2) is 12.1 Å². The highest BCUT2D eigenvalue weighted by Crippen LogP contribution is 2.16. The monoisotopic (exact) mass is 158 g/mol. The molecule has 0 unspecified atom stereocenters. The Hall–Kier alpha value is -1.57. The molecule has 0 aliphatic carbocycles. The van der Waals surface area contributed by atoms with E-state index < -0.39 is 0 Å². The maximum absolute atomic E-state index is 5.04. The van der Waals surface area contributed by atoms with Crippen molar-refractivity contribution < 1.29 is 4.74 Å². The number of methoxy groups -OCH3 is 1. The Morgan fingerprint density at radius 1 is 1.33 bits per heavy atom. The second-order valence-corrected chi connectivity index (χ2v) is 2.46. The van der Waals surface area contributed by atoms with Crippen LogP contribution < -0.4 is 4.74 Å². The van der Waals surface area contributed by atoms with Crippen LogP contribution in [0.25, 0.3) is 10.9 Å². The first-order valence-corrected chi connectivity index (χ1v) is 3.71. The van der Waals surface area contributed by atoms with E-state index in [4.69, 9.17) is 4.74 Å². The number of aromatic nitrogens is 1. The lowest BCUT2D eigenvalue weighted by Gasteiger charge is -1.99. The third-order valence-electron chi connectivity index (χ3n) is 1.71.